The molecule has 1 aromatic carbocycles. The monoisotopic (exact) mass is 193 g/mol. The Hall–Kier alpha value is -0.860. The van der Waals surface area contributed by atoms with E-state index in [1.54, 1.807) is 0 Å². The van der Waals surface area contributed by atoms with E-state index in [0.29, 0.717) is 13.2 Å². The molecule has 2 nitrogen and oxygen atoms in total. The molecule has 0 unspecified atom stereocenters. The van der Waals surface area contributed by atoms with E-state index in [-0.39, 0.29) is 0 Å². The molecule has 0 spiro atoms. The van der Waals surface area contributed by atoms with E-state index in [1.807, 2.05) is 0 Å². The number of ether oxygens (including phenoxy) is 1. The molecule has 0 saturated heterocycles. The first-order chi connectivity index (χ1) is 6.77. The molecule has 1 aromatic rings. The summed E-state index contributed by atoms with van der Waals surface area (Å²) in [5.74, 6) is 0. The molecule has 0 aliphatic carbocycles. The Morgan fingerprint density at radius 3 is 2.71 bits per heavy atom. The largest absolute Gasteiger partial charge is 0.377 e. The summed E-state index contributed by atoms with van der Waals surface area (Å²) in [4.78, 5) is 0. The third-order valence-electron chi connectivity index (χ3n) is 2.25. The van der Waals surface area contributed by atoms with Gasteiger partial charge in [-0.1, -0.05) is 25.1 Å². The van der Waals surface area contributed by atoms with Gasteiger partial charge in [0.05, 0.1) is 6.61 Å². The average molecular weight is 193 g/mol. The van der Waals surface area contributed by atoms with Gasteiger partial charge in [0.1, 0.15) is 0 Å². The number of benzene rings is 1. The van der Waals surface area contributed by atoms with Gasteiger partial charge < -0.3 is 10.5 Å². The van der Waals surface area contributed by atoms with Crippen LogP contribution in [0.3, 0.4) is 0 Å². The van der Waals surface area contributed by atoms with Crippen LogP contribution in [0.2, 0.25) is 0 Å². The lowest BCUT2D eigenvalue weighted by atomic mass is 10.1. The summed E-state index contributed by atoms with van der Waals surface area (Å²) in [7, 11) is 0. The molecule has 0 bridgehead atoms. The van der Waals surface area contributed by atoms with E-state index in [2.05, 4.69) is 32.0 Å². The maximum absolute atomic E-state index is 5.56. The van der Waals surface area contributed by atoms with Gasteiger partial charge in [0.15, 0.2) is 0 Å². The zero-order valence-corrected chi connectivity index (χ0v) is 9.05. The van der Waals surface area contributed by atoms with Gasteiger partial charge in [0.2, 0.25) is 0 Å². The Morgan fingerprint density at radius 1 is 1.36 bits per heavy atom. The molecule has 1 rings (SSSR count). The Balaban J connectivity index is 2.59. The van der Waals surface area contributed by atoms with Crippen LogP contribution in [0.25, 0.3) is 0 Å². The second-order valence-electron chi connectivity index (χ2n) is 3.52. The van der Waals surface area contributed by atoms with Crippen LogP contribution in [0.4, 0.5) is 0 Å². The van der Waals surface area contributed by atoms with Crippen molar-refractivity contribution >= 4 is 0 Å². The smallest absolute Gasteiger partial charge is 0.0719 e. The Morgan fingerprint density at radius 2 is 2.14 bits per heavy atom. The van der Waals surface area contributed by atoms with Crippen LogP contribution >= 0.6 is 0 Å². The molecule has 0 amide bonds. The van der Waals surface area contributed by atoms with Gasteiger partial charge in [0.25, 0.3) is 0 Å². The summed E-state index contributed by atoms with van der Waals surface area (Å²) in [5.41, 5.74) is 9.27. The number of hydrogen-bond donors (Lipinski definition) is 1. The highest BCUT2D eigenvalue weighted by Gasteiger charge is 1.99. The number of rotatable bonds is 5. The van der Waals surface area contributed by atoms with Crippen LogP contribution in [-0.2, 0) is 17.9 Å². The molecule has 78 valence electrons. The highest BCUT2D eigenvalue weighted by Crippen LogP contribution is 2.11. The van der Waals surface area contributed by atoms with Crippen LogP contribution in [0.15, 0.2) is 18.2 Å². The third kappa shape index (κ3) is 3.13. The van der Waals surface area contributed by atoms with E-state index >= 15 is 0 Å². The van der Waals surface area contributed by atoms with Gasteiger partial charge in [-0.15, -0.1) is 0 Å². The molecular weight excluding hydrogens is 174 g/mol. The maximum atomic E-state index is 5.56. The van der Waals surface area contributed by atoms with Gasteiger partial charge in [-0.05, 0) is 30.0 Å². The maximum Gasteiger partial charge on any atom is 0.0719 e. The van der Waals surface area contributed by atoms with Crippen molar-refractivity contribution in [3.63, 3.8) is 0 Å². The molecule has 2 heteroatoms. The predicted molar refractivity (Wildman–Crippen MR) is 59.0 cm³/mol. The summed E-state index contributed by atoms with van der Waals surface area (Å²) in [6.07, 6.45) is 1.07. The zero-order valence-electron chi connectivity index (χ0n) is 9.05. The molecular formula is C12H19NO. The highest BCUT2D eigenvalue weighted by molar-refractivity contribution is 5.30. The summed E-state index contributed by atoms with van der Waals surface area (Å²) in [6.45, 7) is 6.37. The first-order valence-corrected chi connectivity index (χ1v) is 5.14. The van der Waals surface area contributed by atoms with Crippen molar-refractivity contribution in [1.29, 1.82) is 0 Å². The molecule has 0 saturated carbocycles. The van der Waals surface area contributed by atoms with Crippen molar-refractivity contribution in [1.82, 2.24) is 0 Å². The Bertz CT molecular complexity index is 284. The van der Waals surface area contributed by atoms with Crippen LogP contribution in [0.1, 0.15) is 30.0 Å². The summed E-state index contributed by atoms with van der Waals surface area (Å²) in [6, 6.07) is 6.30. The molecule has 0 aliphatic heterocycles. The first-order valence-electron chi connectivity index (χ1n) is 5.14. The second kappa shape index (κ2) is 5.78. The lowest BCUT2D eigenvalue weighted by Crippen LogP contribution is -2.00. The minimum atomic E-state index is 0.608. The lowest BCUT2D eigenvalue weighted by Gasteiger charge is -2.07. The van der Waals surface area contributed by atoms with E-state index < -0.39 is 0 Å². The minimum absolute atomic E-state index is 0.608. The van der Waals surface area contributed by atoms with E-state index in [0.717, 1.165) is 13.0 Å². The van der Waals surface area contributed by atoms with Crippen molar-refractivity contribution in [2.24, 2.45) is 5.73 Å². The summed E-state index contributed by atoms with van der Waals surface area (Å²) >= 11 is 0. The van der Waals surface area contributed by atoms with Gasteiger partial charge >= 0.3 is 0 Å². The van der Waals surface area contributed by atoms with Gasteiger partial charge in [-0.25, -0.2) is 0 Å². The zero-order chi connectivity index (χ0) is 10.4. The molecule has 2 N–H and O–H groups in total. The molecule has 14 heavy (non-hydrogen) atoms. The lowest BCUT2D eigenvalue weighted by molar-refractivity contribution is 0.121. The summed E-state index contributed by atoms with van der Waals surface area (Å²) < 4.78 is 5.49. The first kappa shape index (κ1) is 11.2. The fourth-order valence-electron chi connectivity index (χ4n) is 1.37. The molecule has 0 aliphatic rings. The van der Waals surface area contributed by atoms with E-state index in [1.165, 1.54) is 16.7 Å². The molecule has 0 atom stereocenters. The minimum Gasteiger partial charge on any atom is -0.377 e. The van der Waals surface area contributed by atoms with Crippen molar-refractivity contribution in [2.45, 2.75) is 33.4 Å². The Labute approximate surface area is 86.1 Å². The quantitative estimate of drug-likeness (QED) is 0.729. The number of hydrogen-bond acceptors (Lipinski definition) is 2. The second-order valence-corrected chi connectivity index (χ2v) is 3.52. The highest BCUT2D eigenvalue weighted by atomic mass is 16.5. The van der Waals surface area contributed by atoms with Crippen LogP contribution in [0.5, 0.6) is 0 Å². The van der Waals surface area contributed by atoms with Gasteiger partial charge in [-0.2, -0.15) is 0 Å². The number of nitrogens with two attached hydrogens (primary N) is 1. The third-order valence-corrected chi connectivity index (χ3v) is 2.25. The number of aryl methyl sites for hydroxylation is 1. The SMILES string of the molecule is CCCOCc1ccc(CN)cc1C. The van der Waals surface area contributed by atoms with Crippen molar-refractivity contribution in [2.75, 3.05) is 6.61 Å². The topological polar surface area (TPSA) is 35.2 Å². The normalized spacial score (nSPS) is 10.5. The molecule has 0 radical (unpaired) electrons. The van der Waals surface area contributed by atoms with Crippen molar-refractivity contribution in [3.8, 4) is 0 Å². The standard InChI is InChI=1S/C12H19NO/c1-3-6-14-9-12-5-4-11(8-13)7-10(12)2/h4-5,7H,3,6,8-9,13H2,1-2H3. The van der Waals surface area contributed by atoms with Crippen molar-refractivity contribution in [3.05, 3.63) is 34.9 Å². The fourth-order valence-corrected chi connectivity index (χ4v) is 1.37. The fraction of sp³-hybridized carbons (Fsp3) is 0.500. The Kier molecular flexibility index (Phi) is 4.63. The average Bonchev–Trinajstić information content (AvgIpc) is 2.20. The van der Waals surface area contributed by atoms with Crippen molar-refractivity contribution < 1.29 is 4.74 Å². The molecule has 0 aromatic heterocycles. The van der Waals surface area contributed by atoms with Gasteiger partial charge in [-0.3, -0.25) is 0 Å². The van der Waals surface area contributed by atoms with Crippen LogP contribution in [-0.4, -0.2) is 6.61 Å². The summed E-state index contributed by atoms with van der Waals surface area (Å²) in [5, 5.41) is 0. The molecule has 0 fully saturated rings. The van der Waals surface area contributed by atoms with Crippen LogP contribution in [0, 0.1) is 6.92 Å². The predicted octanol–water partition coefficient (Wildman–Crippen LogP) is 2.38. The van der Waals surface area contributed by atoms with Crippen LogP contribution < -0.4 is 5.73 Å². The van der Waals surface area contributed by atoms with E-state index in [9.17, 15) is 0 Å². The van der Waals surface area contributed by atoms with E-state index in [4.69, 9.17) is 10.5 Å². The molecule has 0 heterocycles. The van der Waals surface area contributed by atoms with Gasteiger partial charge in [0, 0.05) is 13.2 Å².